The summed E-state index contributed by atoms with van der Waals surface area (Å²) in [6.45, 7) is 5.69. The van der Waals surface area contributed by atoms with E-state index < -0.39 is 0 Å². The van der Waals surface area contributed by atoms with Crippen LogP contribution in [0.4, 0.5) is 0 Å². The highest BCUT2D eigenvalue weighted by Gasteiger charge is 2.17. The SMILES string of the molecule is CCCCCCCCc1n(-c2ccccc2)cc[n+]1CCCC. The first-order chi connectivity index (χ1) is 11.4. The van der Waals surface area contributed by atoms with Gasteiger partial charge in [-0.1, -0.05) is 70.6 Å². The van der Waals surface area contributed by atoms with E-state index in [4.69, 9.17) is 0 Å². The first-order valence-corrected chi connectivity index (χ1v) is 9.52. The van der Waals surface area contributed by atoms with Crippen molar-refractivity contribution in [1.29, 1.82) is 0 Å². The Hall–Kier alpha value is -1.57. The van der Waals surface area contributed by atoms with E-state index in [1.165, 1.54) is 69.3 Å². The van der Waals surface area contributed by atoms with E-state index >= 15 is 0 Å². The third-order valence-electron chi connectivity index (χ3n) is 4.55. The van der Waals surface area contributed by atoms with Gasteiger partial charge >= 0.3 is 0 Å². The quantitative estimate of drug-likeness (QED) is 0.384. The van der Waals surface area contributed by atoms with Crippen LogP contribution in [0, 0.1) is 0 Å². The van der Waals surface area contributed by atoms with Crippen molar-refractivity contribution < 1.29 is 4.57 Å². The summed E-state index contributed by atoms with van der Waals surface area (Å²) >= 11 is 0. The van der Waals surface area contributed by atoms with Crippen molar-refractivity contribution >= 4 is 0 Å². The minimum atomic E-state index is 1.14. The summed E-state index contributed by atoms with van der Waals surface area (Å²) < 4.78 is 4.84. The number of hydrogen-bond donors (Lipinski definition) is 0. The van der Waals surface area contributed by atoms with Crippen LogP contribution in [0.2, 0.25) is 0 Å². The van der Waals surface area contributed by atoms with Crippen molar-refractivity contribution in [1.82, 2.24) is 4.57 Å². The Balaban J connectivity index is 2.02. The molecule has 0 radical (unpaired) electrons. The van der Waals surface area contributed by atoms with Crippen LogP contribution in [-0.2, 0) is 13.0 Å². The van der Waals surface area contributed by atoms with Gasteiger partial charge in [-0.3, -0.25) is 0 Å². The van der Waals surface area contributed by atoms with Crippen LogP contribution in [0.5, 0.6) is 0 Å². The zero-order valence-electron chi connectivity index (χ0n) is 15.0. The monoisotopic (exact) mass is 313 g/mol. The predicted octanol–water partition coefficient (Wildman–Crippen LogP) is 5.47. The number of nitrogens with zero attached hydrogens (tertiary/aromatic N) is 2. The second-order valence-corrected chi connectivity index (χ2v) is 6.48. The van der Waals surface area contributed by atoms with Gasteiger partial charge in [0.15, 0.2) is 0 Å². The van der Waals surface area contributed by atoms with Gasteiger partial charge in [-0.05, 0) is 25.0 Å². The summed E-state index contributed by atoms with van der Waals surface area (Å²) in [6.07, 6.45) is 16.3. The molecule has 0 atom stereocenters. The molecule has 0 saturated carbocycles. The van der Waals surface area contributed by atoms with Crippen LogP contribution >= 0.6 is 0 Å². The van der Waals surface area contributed by atoms with Crippen molar-refractivity contribution in [2.75, 3.05) is 0 Å². The summed E-state index contributed by atoms with van der Waals surface area (Å²) in [4.78, 5) is 0. The fourth-order valence-electron chi connectivity index (χ4n) is 3.14. The molecule has 0 aliphatic heterocycles. The lowest BCUT2D eigenvalue weighted by Crippen LogP contribution is -2.37. The van der Waals surface area contributed by atoms with E-state index in [2.05, 4.69) is 65.7 Å². The van der Waals surface area contributed by atoms with E-state index in [1.54, 1.807) is 0 Å². The highest BCUT2D eigenvalue weighted by atomic mass is 15.1. The second kappa shape index (κ2) is 10.3. The van der Waals surface area contributed by atoms with Crippen molar-refractivity contribution in [2.24, 2.45) is 0 Å². The fraction of sp³-hybridized carbons (Fsp3) is 0.571. The lowest BCUT2D eigenvalue weighted by atomic mass is 10.1. The molecule has 0 saturated heterocycles. The molecule has 1 aromatic heterocycles. The number of aromatic nitrogens is 2. The van der Waals surface area contributed by atoms with Gasteiger partial charge < -0.3 is 0 Å². The molecule has 1 heterocycles. The van der Waals surface area contributed by atoms with Gasteiger partial charge in [-0.15, -0.1) is 0 Å². The van der Waals surface area contributed by atoms with Gasteiger partial charge in [-0.25, -0.2) is 4.57 Å². The minimum Gasteiger partial charge on any atom is -0.234 e. The van der Waals surface area contributed by atoms with Crippen LogP contribution in [-0.4, -0.2) is 4.57 Å². The number of benzene rings is 1. The molecule has 2 nitrogen and oxygen atoms in total. The van der Waals surface area contributed by atoms with E-state index in [9.17, 15) is 0 Å². The van der Waals surface area contributed by atoms with Crippen LogP contribution in [0.3, 0.4) is 0 Å². The molecule has 2 heteroatoms. The predicted molar refractivity (Wildman–Crippen MR) is 98.0 cm³/mol. The maximum Gasteiger partial charge on any atom is 0.261 e. The molecular formula is C21H33N2+. The summed E-state index contributed by atoms with van der Waals surface area (Å²) in [6, 6.07) is 10.7. The molecule has 1 aromatic carbocycles. The number of aryl methyl sites for hydroxylation is 1. The third kappa shape index (κ3) is 5.53. The number of hydrogen-bond acceptors (Lipinski definition) is 0. The topological polar surface area (TPSA) is 8.81 Å². The third-order valence-corrected chi connectivity index (χ3v) is 4.55. The summed E-state index contributed by atoms with van der Waals surface area (Å²) in [5, 5.41) is 0. The molecule has 0 bridgehead atoms. The molecule has 2 aromatic rings. The first-order valence-electron chi connectivity index (χ1n) is 9.52. The van der Waals surface area contributed by atoms with Crippen molar-refractivity contribution in [3.63, 3.8) is 0 Å². The normalized spacial score (nSPS) is 11.0. The zero-order valence-corrected chi connectivity index (χ0v) is 15.0. The van der Waals surface area contributed by atoms with Crippen LogP contribution < -0.4 is 4.57 Å². The summed E-state index contributed by atoms with van der Waals surface area (Å²) in [7, 11) is 0. The van der Waals surface area contributed by atoms with E-state index in [0.29, 0.717) is 0 Å². The molecule has 0 unspecified atom stereocenters. The Morgan fingerprint density at radius 2 is 1.52 bits per heavy atom. The molecule has 0 N–H and O–H groups in total. The summed E-state index contributed by atoms with van der Waals surface area (Å²) in [5.74, 6) is 1.46. The zero-order chi connectivity index (χ0) is 16.3. The average molecular weight is 314 g/mol. The van der Waals surface area contributed by atoms with E-state index in [1.807, 2.05) is 0 Å². The van der Waals surface area contributed by atoms with Gasteiger partial charge in [0, 0.05) is 6.42 Å². The molecular weight excluding hydrogens is 280 g/mol. The van der Waals surface area contributed by atoms with Gasteiger partial charge in [0.1, 0.15) is 18.1 Å². The molecule has 2 rings (SSSR count). The second-order valence-electron chi connectivity index (χ2n) is 6.48. The Bertz CT molecular complexity index is 542. The molecule has 0 aliphatic rings. The number of rotatable bonds is 11. The van der Waals surface area contributed by atoms with Crippen molar-refractivity contribution in [3.05, 3.63) is 48.5 Å². The smallest absolute Gasteiger partial charge is 0.234 e. The number of unbranched alkanes of at least 4 members (excludes halogenated alkanes) is 6. The van der Waals surface area contributed by atoms with Gasteiger partial charge in [-0.2, -0.15) is 4.57 Å². The summed E-state index contributed by atoms with van der Waals surface area (Å²) in [5.41, 5.74) is 1.28. The Labute approximate surface area is 142 Å². The van der Waals surface area contributed by atoms with Gasteiger partial charge in [0.05, 0.1) is 6.54 Å². The molecule has 126 valence electrons. The average Bonchev–Trinajstić information content (AvgIpc) is 2.99. The van der Waals surface area contributed by atoms with Crippen LogP contribution in [0.25, 0.3) is 5.69 Å². The van der Waals surface area contributed by atoms with Gasteiger partial charge in [0.2, 0.25) is 0 Å². The molecule has 0 fully saturated rings. The van der Waals surface area contributed by atoms with Gasteiger partial charge in [0.25, 0.3) is 5.82 Å². The fourth-order valence-corrected chi connectivity index (χ4v) is 3.14. The maximum absolute atomic E-state index is 2.46. The van der Waals surface area contributed by atoms with Crippen LogP contribution in [0.1, 0.15) is 71.0 Å². The molecule has 0 aliphatic carbocycles. The highest BCUT2D eigenvalue weighted by molar-refractivity contribution is 5.31. The number of para-hydroxylation sites is 1. The molecule has 0 spiro atoms. The first kappa shape index (κ1) is 17.8. The van der Waals surface area contributed by atoms with E-state index in [0.717, 1.165) is 6.54 Å². The standard InChI is InChI=1S/C21H33N2/c1-3-5-7-8-9-13-16-21-22(17-6-4-2)18-19-23(21)20-14-11-10-12-15-20/h10-12,14-15,18-19H,3-9,13,16-17H2,1-2H3/q+1. The Morgan fingerprint density at radius 3 is 2.26 bits per heavy atom. The lowest BCUT2D eigenvalue weighted by molar-refractivity contribution is -0.703. The lowest BCUT2D eigenvalue weighted by Gasteiger charge is -2.05. The largest absolute Gasteiger partial charge is 0.261 e. The molecule has 23 heavy (non-hydrogen) atoms. The van der Waals surface area contributed by atoms with E-state index in [-0.39, 0.29) is 0 Å². The Morgan fingerprint density at radius 1 is 0.826 bits per heavy atom. The van der Waals surface area contributed by atoms with Crippen LogP contribution in [0.15, 0.2) is 42.7 Å². The Kier molecular flexibility index (Phi) is 7.92. The highest BCUT2D eigenvalue weighted by Crippen LogP contribution is 2.13. The van der Waals surface area contributed by atoms with Crippen molar-refractivity contribution in [3.8, 4) is 5.69 Å². The number of imidazole rings is 1. The maximum atomic E-state index is 2.46. The van der Waals surface area contributed by atoms with Crippen molar-refractivity contribution in [2.45, 2.75) is 78.2 Å². The molecule has 0 amide bonds. The minimum absolute atomic E-state index is 1.14.